The summed E-state index contributed by atoms with van der Waals surface area (Å²) in [7, 11) is 0. The average Bonchev–Trinajstić information content (AvgIpc) is 3.10. The predicted octanol–water partition coefficient (Wildman–Crippen LogP) is 1.77. The SMILES string of the molecule is NC(C(=O)Nc1cccc(-c2ncc[nH]2)c1)C1CCOCC1. The number of benzene rings is 1. The highest BCUT2D eigenvalue weighted by Gasteiger charge is 2.26. The van der Waals surface area contributed by atoms with Crippen molar-refractivity contribution in [2.75, 3.05) is 18.5 Å². The van der Waals surface area contributed by atoms with Gasteiger partial charge in [-0.2, -0.15) is 0 Å². The van der Waals surface area contributed by atoms with Gasteiger partial charge in [0.2, 0.25) is 5.91 Å². The zero-order chi connectivity index (χ0) is 15.4. The van der Waals surface area contributed by atoms with Crippen LogP contribution < -0.4 is 11.1 Å². The Balaban J connectivity index is 1.67. The number of nitrogens with two attached hydrogens (primary N) is 1. The number of anilines is 1. The molecular weight excluding hydrogens is 280 g/mol. The monoisotopic (exact) mass is 300 g/mol. The highest BCUT2D eigenvalue weighted by atomic mass is 16.5. The van der Waals surface area contributed by atoms with Crippen LogP contribution in [0.5, 0.6) is 0 Å². The summed E-state index contributed by atoms with van der Waals surface area (Å²) < 4.78 is 5.31. The van der Waals surface area contributed by atoms with Crippen LogP contribution in [0.1, 0.15) is 12.8 Å². The Bertz CT molecular complexity index is 621. The second-order valence-electron chi connectivity index (χ2n) is 5.48. The summed E-state index contributed by atoms with van der Waals surface area (Å²) in [5, 5.41) is 2.89. The molecule has 1 unspecified atom stereocenters. The quantitative estimate of drug-likeness (QED) is 0.802. The van der Waals surface area contributed by atoms with Gasteiger partial charge in [0.1, 0.15) is 5.82 Å². The first-order valence-electron chi connectivity index (χ1n) is 7.48. The average molecular weight is 300 g/mol. The first-order chi connectivity index (χ1) is 10.7. The Morgan fingerprint density at radius 3 is 2.95 bits per heavy atom. The zero-order valence-electron chi connectivity index (χ0n) is 12.3. The number of carbonyl (C=O) groups is 1. The van der Waals surface area contributed by atoms with Crippen LogP contribution >= 0.6 is 0 Å². The summed E-state index contributed by atoms with van der Waals surface area (Å²) in [6.45, 7) is 1.36. The molecule has 1 aromatic carbocycles. The molecule has 22 heavy (non-hydrogen) atoms. The van der Waals surface area contributed by atoms with Crippen molar-refractivity contribution < 1.29 is 9.53 Å². The van der Waals surface area contributed by atoms with E-state index < -0.39 is 6.04 Å². The normalized spacial score (nSPS) is 17.1. The minimum Gasteiger partial charge on any atom is -0.381 e. The van der Waals surface area contributed by atoms with Gasteiger partial charge in [-0.3, -0.25) is 4.79 Å². The largest absolute Gasteiger partial charge is 0.381 e. The summed E-state index contributed by atoms with van der Waals surface area (Å²) in [5.74, 6) is 0.801. The van der Waals surface area contributed by atoms with Crippen molar-refractivity contribution in [3.8, 4) is 11.4 Å². The third kappa shape index (κ3) is 3.35. The fourth-order valence-corrected chi connectivity index (χ4v) is 2.68. The molecule has 2 heterocycles. The number of carbonyl (C=O) groups excluding carboxylic acids is 1. The van der Waals surface area contributed by atoms with Crippen molar-refractivity contribution in [3.63, 3.8) is 0 Å². The summed E-state index contributed by atoms with van der Waals surface area (Å²) in [6, 6.07) is 7.05. The van der Waals surface area contributed by atoms with E-state index in [9.17, 15) is 4.79 Å². The van der Waals surface area contributed by atoms with E-state index in [1.807, 2.05) is 24.3 Å². The Labute approximate surface area is 129 Å². The lowest BCUT2D eigenvalue weighted by atomic mass is 9.92. The van der Waals surface area contributed by atoms with Crippen molar-refractivity contribution in [3.05, 3.63) is 36.7 Å². The standard InChI is InChI=1S/C16H20N4O2/c17-14(11-4-8-22-9-5-11)16(21)20-13-3-1-2-12(10-13)15-18-6-7-19-15/h1-3,6-7,10-11,14H,4-5,8-9,17H2,(H,18,19)(H,20,21). The molecule has 1 amide bonds. The Kier molecular flexibility index (Phi) is 4.50. The summed E-state index contributed by atoms with van der Waals surface area (Å²) in [4.78, 5) is 19.6. The highest BCUT2D eigenvalue weighted by molar-refractivity contribution is 5.95. The number of H-pyrrole nitrogens is 1. The molecule has 1 saturated heterocycles. The van der Waals surface area contributed by atoms with E-state index in [1.165, 1.54) is 0 Å². The number of ether oxygens (including phenoxy) is 1. The fraction of sp³-hybridized carbons (Fsp3) is 0.375. The van der Waals surface area contributed by atoms with Gasteiger partial charge in [-0.25, -0.2) is 4.98 Å². The molecule has 2 aromatic rings. The van der Waals surface area contributed by atoms with E-state index in [0.717, 1.165) is 29.9 Å². The van der Waals surface area contributed by atoms with E-state index in [2.05, 4.69) is 15.3 Å². The van der Waals surface area contributed by atoms with E-state index in [1.54, 1.807) is 12.4 Å². The van der Waals surface area contributed by atoms with Gasteiger partial charge in [-0.1, -0.05) is 12.1 Å². The number of imidazole rings is 1. The number of hydrogen-bond donors (Lipinski definition) is 3. The number of rotatable bonds is 4. The maximum absolute atomic E-state index is 12.3. The molecule has 1 aromatic heterocycles. The van der Waals surface area contributed by atoms with Gasteiger partial charge in [0.05, 0.1) is 6.04 Å². The third-order valence-electron chi connectivity index (χ3n) is 3.98. The van der Waals surface area contributed by atoms with Gasteiger partial charge >= 0.3 is 0 Å². The van der Waals surface area contributed by atoms with Crippen LogP contribution in [-0.2, 0) is 9.53 Å². The van der Waals surface area contributed by atoms with Gasteiger partial charge in [0.25, 0.3) is 0 Å². The van der Waals surface area contributed by atoms with Gasteiger partial charge in [-0.05, 0) is 30.9 Å². The molecule has 1 aliphatic heterocycles. The first-order valence-corrected chi connectivity index (χ1v) is 7.48. The Hall–Kier alpha value is -2.18. The van der Waals surface area contributed by atoms with Crippen LogP contribution in [0.3, 0.4) is 0 Å². The van der Waals surface area contributed by atoms with Crippen molar-refractivity contribution >= 4 is 11.6 Å². The molecule has 0 bridgehead atoms. The number of aromatic nitrogens is 2. The van der Waals surface area contributed by atoms with Crippen molar-refractivity contribution in [1.29, 1.82) is 0 Å². The van der Waals surface area contributed by atoms with Crippen molar-refractivity contribution in [2.24, 2.45) is 11.7 Å². The minimum absolute atomic E-state index is 0.150. The molecule has 0 aliphatic carbocycles. The summed E-state index contributed by atoms with van der Waals surface area (Å²) in [6.07, 6.45) is 5.13. The lowest BCUT2D eigenvalue weighted by molar-refractivity contribution is -0.119. The minimum atomic E-state index is -0.504. The van der Waals surface area contributed by atoms with E-state index >= 15 is 0 Å². The zero-order valence-corrected chi connectivity index (χ0v) is 12.3. The Morgan fingerprint density at radius 2 is 2.23 bits per heavy atom. The van der Waals surface area contributed by atoms with Gasteiger partial charge < -0.3 is 20.8 Å². The van der Waals surface area contributed by atoms with E-state index in [0.29, 0.717) is 13.2 Å². The van der Waals surface area contributed by atoms with Crippen LogP contribution in [0.2, 0.25) is 0 Å². The molecule has 0 saturated carbocycles. The van der Waals surface area contributed by atoms with Crippen molar-refractivity contribution in [1.82, 2.24) is 9.97 Å². The smallest absolute Gasteiger partial charge is 0.241 e. The van der Waals surface area contributed by atoms with Crippen LogP contribution in [0.4, 0.5) is 5.69 Å². The number of amides is 1. The maximum atomic E-state index is 12.3. The van der Waals surface area contributed by atoms with Gasteiger partial charge in [0, 0.05) is 36.9 Å². The van der Waals surface area contributed by atoms with Crippen LogP contribution in [0.25, 0.3) is 11.4 Å². The second kappa shape index (κ2) is 6.72. The first kappa shape index (κ1) is 14.7. The van der Waals surface area contributed by atoms with E-state index in [4.69, 9.17) is 10.5 Å². The molecule has 0 radical (unpaired) electrons. The fourth-order valence-electron chi connectivity index (χ4n) is 2.68. The second-order valence-corrected chi connectivity index (χ2v) is 5.48. The molecule has 0 spiro atoms. The topological polar surface area (TPSA) is 93.0 Å². The van der Waals surface area contributed by atoms with Crippen molar-refractivity contribution in [2.45, 2.75) is 18.9 Å². The molecule has 3 rings (SSSR count). The molecule has 1 aliphatic rings. The number of aromatic amines is 1. The summed E-state index contributed by atoms with van der Waals surface area (Å²) in [5.41, 5.74) is 7.73. The number of nitrogens with zero attached hydrogens (tertiary/aromatic N) is 1. The number of nitrogens with one attached hydrogen (secondary N) is 2. The Morgan fingerprint density at radius 1 is 1.41 bits per heavy atom. The summed E-state index contributed by atoms with van der Waals surface area (Å²) >= 11 is 0. The van der Waals surface area contributed by atoms with Crippen LogP contribution in [-0.4, -0.2) is 35.1 Å². The van der Waals surface area contributed by atoms with Gasteiger partial charge in [-0.15, -0.1) is 0 Å². The van der Waals surface area contributed by atoms with Crippen LogP contribution in [0.15, 0.2) is 36.7 Å². The van der Waals surface area contributed by atoms with Gasteiger partial charge in [0.15, 0.2) is 0 Å². The molecule has 6 heteroatoms. The molecular formula is C16H20N4O2. The molecule has 116 valence electrons. The molecule has 1 fully saturated rings. The number of hydrogen-bond acceptors (Lipinski definition) is 4. The van der Waals surface area contributed by atoms with E-state index in [-0.39, 0.29) is 11.8 Å². The highest BCUT2D eigenvalue weighted by Crippen LogP contribution is 2.21. The molecule has 1 atom stereocenters. The maximum Gasteiger partial charge on any atom is 0.241 e. The van der Waals surface area contributed by atoms with Crippen LogP contribution in [0, 0.1) is 5.92 Å². The molecule has 6 nitrogen and oxygen atoms in total. The lowest BCUT2D eigenvalue weighted by Gasteiger charge is -2.26. The lowest BCUT2D eigenvalue weighted by Crippen LogP contribution is -2.44. The molecule has 4 N–H and O–H groups in total. The predicted molar refractivity (Wildman–Crippen MR) is 84.2 cm³/mol. The third-order valence-corrected chi connectivity index (χ3v) is 3.98.